The van der Waals surface area contributed by atoms with Crippen molar-refractivity contribution in [2.75, 3.05) is 18.6 Å². The van der Waals surface area contributed by atoms with E-state index in [9.17, 15) is 9.59 Å². The smallest absolute Gasteiger partial charge is 0.344 e. The lowest BCUT2D eigenvalue weighted by molar-refractivity contribution is -0.157. The maximum absolute atomic E-state index is 12.9. The van der Waals surface area contributed by atoms with E-state index in [1.807, 2.05) is 0 Å². The van der Waals surface area contributed by atoms with Gasteiger partial charge in [-0.05, 0) is 57.2 Å². The van der Waals surface area contributed by atoms with Crippen molar-refractivity contribution in [3.8, 4) is 5.75 Å². The molecule has 162 valence electrons. The molecule has 3 rings (SSSR count). The highest BCUT2D eigenvalue weighted by molar-refractivity contribution is 6.12. The van der Waals surface area contributed by atoms with E-state index in [-0.39, 0.29) is 24.1 Å². The Bertz CT molecular complexity index is 1130. The zero-order valence-electron chi connectivity index (χ0n) is 17.9. The molecule has 31 heavy (non-hydrogen) atoms. The van der Waals surface area contributed by atoms with E-state index in [1.54, 1.807) is 70.3 Å². The third kappa shape index (κ3) is 5.22. The number of nitrogen functional groups attached to an aromatic ring is 1. The van der Waals surface area contributed by atoms with Gasteiger partial charge in [0.25, 0.3) is 5.91 Å². The Morgan fingerprint density at radius 3 is 2.42 bits per heavy atom. The van der Waals surface area contributed by atoms with Crippen LogP contribution in [0.1, 0.15) is 36.9 Å². The fourth-order valence-corrected chi connectivity index (χ4v) is 2.93. The van der Waals surface area contributed by atoms with E-state index in [2.05, 4.69) is 0 Å². The van der Waals surface area contributed by atoms with Crippen molar-refractivity contribution >= 4 is 34.2 Å². The molecule has 0 unspecified atom stereocenters. The second-order valence-corrected chi connectivity index (χ2v) is 8.01. The van der Waals surface area contributed by atoms with Crippen LogP contribution in [-0.2, 0) is 9.53 Å². The van der Waals surface area contributed by atoms with E-state index in [1.165, 1.54) is 11.2 Å². The average molecular weight is 423 g/mol. The number of amides is 1. The Morgan fingerprint density at radius 1 is 1.13 bits per heavy atom. The number of amidine groups is 1. The van der Waals surface area contributed by atoms with E-state index >= 15 is 0 Å². The van der Waals surface area contributed by atoms with E-state index in [0.29, 0.717) is 27.8 Å². The number of rotatable bonds is 6. The average Bonchev–Trinajstić information content (AvgIpc) is 3.13. The highest BCUT2D eigenvalue weighted by Crippen LogP contribution is 2.26. The Kier molecular flexibility index (Phi) is 6.01. The van der Waals surface area contributed by atoms with Crippen molar-refractivity contribution < 1.29 is 23.5 Å². The largest absolute Gasteiger partial charge is 0.482 e. The minimum Gasteiger partial charge on any atom is -0.482 e. The maximum Gasteiger partial charge on any atom is 0.344 e. The van der Waals surface area contributed by atoms with Gasteiger partial charge in [0.15, 0.2) is 12.4 Å². The van der Waals surface area contributed by atoms with Crippen LogP contribution in [0.4, 0.5) is 5.69 Å². The number of carbonyl (C=O) groups is 2. The normalized spacial score (nSPS) is 11.2. The number of furan rings is 1. The van der Waals surface area contributed by atoms with Crippen LogP contribution >= 0.6 is 0 Å². The minimum atomic E-state index is -0.572. The van der Waals surface area contributed by atoms with Gasteiger partial charge in [0.1, 0.15) is 17.2 Å². The van der Waals surface area contributed by atoms with Gasteiger partial charge in [-0.25, -0.2) is 4.79 Å². The molecular formula is C23H25N3O5. The van der Waals surface area contributed by atoms with Gasteiger partial charge in [-0.15, -0.1) is 0 Å². The predicted octanol–water partition coefficient (Wildman–Crippen LogP) is 3.71. The molecule has 1 aromatic heterocycles. The lowest BCUT2D eigenvalue weighted by atomic mass is 10.1. The van der Waals surface area contributed by atoms with Crippen LogP contribution in [0.25, 0.3) is 10.8 Å². The lowest BCUT2D eigenvalue weighted by Crippen LogP contribution is -2.27. The van der Waals surface area contributed by atoms with Crippen molar-refractivity contribution in [1.82, 2.24) is 0 Å². The van der Waals surface area contributed by atoms with E-state index in [4.69, 9.17) is 25.0 Å². The molecular weight excluding hydrogens is 398 g/mol. The van der Waals surface area contributed by atoms with Crippen molar-refractivity contribution in [3.63, 3.8) is 0 Å². The molecule has 3 N–H and O–H groups in total. The fraction of sp³-hybridized carbons (Fsp3) is 0.261. The summed E-state index contributed by atoms with van der Waals surface area (Å²) in [6, 6.07) is 11.8. The van der Waals surface area contributed by atoms with Gasteiger partial charge in [0, 0.05) is 29.1 Å². The monoisotopic (exact) mass is 423 g/mol. The highest BCUT2D eigenvalue weighted by Gasteiger charge is 2.21. The Hall–Kier alpha value is -3.81. The van der Waals surface area contributed by atoms with Crippen LogP contribution in [0, 0.1) is 5.41 Å². The number of nitrogens with two attached hydrogens (primary N) is 1. The number of ether oxygens (including phenoxy) is 2. The first-order valence-corrected chi connectivity index (χ1v) is 9.63. The first-order valence-electron chi connectivity index (χ1n) is 9.63. The number of hydrogen-bond donors (Lipinski definition) is 2. The van der Waals surface area contributed by atoms with E-state index < -0.39 is 11.6 Å². The van der Waals surface area contributed by atoms with Gasteiger partial charge >= 0.3 is 5.97 Å². The van der Waals surface area contributed by atoms with Crippen LogP contribution in [0.3, 0.4) is 0 Å². The summed E-state index contributed by atoms with van der Waals surface area (Å²) >= 11 is 0. The Labute approximate surface area is 180 Å². The first-order chi connectivity index (χ1) is 14.5. The van der Waals surface area contributed by atoms with Crippen LogP contribution < -0.4 is 15.4 Å². The molecule has 0 atom stereocenters. The number of anilines is 1. The molecule has 0 saturated heterocycles. The fourth-order valence-electron chi connectivity index (χ4n) is 2.93. The third-order valence-corrected chi connectivity index (χ3v) is 4.41. The summed E-state index contributed by atoms with van der Waals surface area (Å²) in [6.07, 6.45) is 1.47. The summed E-state index contributed by atoms with van der Waals surface area (Å²) in [6.45, 7) is 5.16. The van der Waals surface area contributed by atoms with Gasteiger partial charge in [0.2, 0.25) is 0 Å². The van der Waals surface area contributed by atoms with Crippen LogP contribution in [-0.4, -0.2) is 37.0 Å². The predicted molar refractivity (Wildman–Crippen MR) is 118 cm³/mol. The van der Waals surface area contributed by atoms with Crippen molar-refractivity contribution in [2.24, 2.45) is 5.73 Å². The summed E-state index contributed by atoms with van der Waals surface area (Å²) in [5.74, 6) is -0.162. The lowest BCUT2D eigenvalue weighted by Gasteiger charge is -2.19. The van der Waals surface area contributed by atoms with Crippen LogP contribution in [0.2, 0.25) is 0 Å². The number of nitrogens with zero attached hydrogens (tertiary/aromatic N) is 1. The second-order valence-electron chi connectivity index (χ2n) is 8.01. The topological polar surface area (TPSA) is 119 Å². The molecule has 8 nitrogen and oxygen atoms in total. The third-order valence-electron chi connectivity index (χ3n) is 4.41. The molecule has 1 heterocycles. The van der Waals surface area contributed by atoms with Crippen LogP contribution in [0.15, 0.2) is 53.1 Å². The highest BCUT2D eigenvalue weighted by atomic mass is 16.6. The van der Waals surface area contributed by atoms with Gasteiger partial charge in [-0.2, -0.15) is 0 Å². The van der Waals surface area contributed by atoms with Crippen molar-refractivity contribution in [2.45, 2.75) is 26.4 Å². The zero-order valence-corrected chi connectivity index (χ0v) is 17.9. The minimum absolute atomic E-state index is 0.0536. The number of carbonyl (C=O) groups excluding carboxylic acids is 2. The number of benzene rings is 2. The molecule has 8 heteroatoms. The summed E-state index contributed by atoms with van der Waals surface area (Å²) < 4.78 is 16.2. The molecule has 0 fully saturated rings. The molecule has 2 aromatic carbocycles. The van der Waals surface area contributed by atoms with Crippen molar-refractivity contribution in [1.29, 1.82) is 5.41 Å². The van der Waals surface area contributed by atoms with Gasteiger partial charge < -0.3 is 24.5 Å². The molecule has 0 aliphatic carbocycles. The molecule has 1 amide bonds. The summed E-state index contributed by atoms with van der Waals surface area (Å²) in [5.41, 5.74) is 6.12. The molecule has 0 saturated carbocycles. The first kappa shape index (κ1) is 21.9. The quantitative estimate of drug-likeness (QED) is 0.354. The Balaban J connectivity index is 1.69. The number of fused-ring (bicyclic) bond motifs is 1. The summed E-state index contributed by atoms with van der Waals surface area (Å²) in [5, 5.41) is 8.86. The number of nitrogens with one attached hydrogen (secondary N) is 1. The van der Waals surface area contributed by atoms with E-state index in [0.717, 1.165) is 0 Å². The zero-order chi connectivity index (χ0) is 22.8. The van der Waals surface area contributed by atoms with Gasteiger partial charge in [0.05, 0.1) is 6.26 Å². The molecule has 3 aromatic rings. The summed E-state index contributed by atoms with van der Waals surface area (Å²) in [7, 11) is 1.64. The number of esters is 1. The molecule has 0 aliphatic rings. The van der Waals surface area contributed by atoms with Crippen LogP contribution in [0.5, 0.6) is 5.75 Å². The molecule has 0 radical (unpaired) electrons. The molecule has 0 spiro atoms. The molecule has 0 bridgehead atoms. The van der Waals surface area contributed by atoms with Gasteiger partial charge in [-0.1, -0.05) is 6.07 Å². The maximum atomic E-state index is 12.9. The molecule has 0 aliphatic heterocycles. The second kappa shape index (κ2) is 8.51. The van der Waals surface area contributed by atoms with Crippen molar-refractivity contribution in [3.05, 3.63) is 60.1 Å². The van der Waals surface area contributed by atoms with Gasteiger partial charge in [-0.3, -0.25) is 10.2 Å². The number of hydrogen-bond acceptors (Lipinski definition) is 6. The Morgan fingerprint density at radius 2 is 1.81 bits per heavy atom. The SMILES string of the molecule is CN(C(=O)c1occ2cc(C(=N)N)ccc12)c1ccc(OCC(=O)OC(C)(C)C)cc1. The summed E-state index contributed by atoms with van der Waals surface area (Å²) in [4.78, 5) is 26.2. The standard InChI is InChI=1S/C23H25N3O5/c1-23(2,3)31-19(27)13-29-17-8-6-16(7-9-17)26(4)22(28)20-18-10-5-14(21(24)25)11-15(18)12-30-20/h5-12H,13H2,1-4H3,(H3,24,25).